The first-order valence-corrected chi connectivity index (χ1v) is 11.8. The van der Waals surface area contributed by atoms with Gasteiger partial charge in [-0.1, -0.05) is 6.07 Å². The maximum atomic E-state index is 15.4. The van der Waals surface area contributed by atoms with Crippen molar-refractivity contribution in [2.45, 2.75) is 24.2 Å². The molecule has 0 spiro atoms. The molecule has 0 aliphatic heterocycles. The van der Waals surface area contributed by atoms with E-state index in [1.165, 1.54) is 5.32 Å². The van der Waals surface area contributed by atoms with E-state index in [4.69, 9.17) is 9.78 Å². The minimum atomic E-state index is -6.75. The van der Waals surface area contributed by atoms with Crippen molar-refractivity contribution >= 4 is 38.5 Å². The lowest BCUT2D eigenvalue weighted by Crippen LogP contribution is -2.50. The first kappa shape index (κ1) is 31.5. The van der Waals surface area contributed by atoms with Gasteiger partial charge in [0.1, 0.15) is 22.8 Å². The molecule has 19 heteroatoms. The monoisotopic (exact) mass is 688 g/mol. The van der Waals surface area contributed by atoms with Crippen LogP contribution in [0.3, 0.4) is 0 Å². The number of nitriles is 1. The third kappa shape index (κ3) is 5.30. The predicted octanol–water partition coefficient (Wildman–Crippen LogP) is 7.31. The van der Waals surface area contributed by atoms with E-state index in [0.29, 0.717) is 10.8 Å². The smallest absolute Gasteiger partial charge is 0.370 e. The third-order valence-electron chi connectivity index (χ3n) is 5.84. The molecule has 4 rings (SSSR count). The van der Waals surface area contributed by atoms with Crippen LogP contribution in [-0.4, -0.2) is 28.0 Å². The summed E-state index contributed by atoms with van der Waals surface area (Å²) in [6.07, 6.45) is -18.3. The predicted molar refractivity (Wildman–Crippen MR) is 126 cm³/mol. The summed E-state index contributed by atoms with van der Waals surface area (Å²) in [6, 6.07) is 4.23. The Hall–Kier alpha value is -4.47. The normalized spacial score (nSPS) is 12.8. The minimum absolute atomic E-state index is 0.186. The SMILES string of the molecule is N#Cc1cc2on(-c3cccc(C(=O)Nc4c(Br)cc(C(F)(C(F)(F)F)C(F)(F)F)cc4C(F)(F)F)c3F)c(=O)c2cn1. The minimum Gasteiger partial charge on any atom is -0.370 e. The van der Waals surface area contributed by atoms with Gasteiger partial charge in [-0.3, -0.25) is 9.59 Å². The standard InChI is InChI=1S/C24H8BrF11N4O3/c25-14-5-9(21(27,23(31,32)33)24(34,35)36)4-13(22(28,29)30)18(14)39-19(41)11-2-1-3-15(17(11)26)40-20(42)12-8-38-10(7-37)6-16(12)43-40/h1-6,8H,(H,39,41). The number of nitrogens with one attached hydrogen (secondary N) is 1. The number of hydrogen-bond donors (Lipinski definition) is 1. The first-order valence-electron chi connectivity index (χ1n) is 11.0. The molecular weight excluding hydrogens is 681 g/mol. The van der Waals surface area contributed by atoms with Gasteiger partial charge < -0.3 is 9.84 Å². The van der Waals surface area contributed by atoms with Gasteiger partial charge in [0.05, 0.1) is 16.8 Å². The van der Waals surface area contributed by atoms with Crippen LogP contribution in [-0.2, 0) is 11.8 Å². The second-order valence-corrected chi connectivity index (χ2v) is 9.35. The second kappa shape index (κ2) is 10.4. The maximum absolute atomic E-state index is 15.4. The molecule has 0 aliphatic carbocycles. The van der Waals surface area contributed by atoms with Crippen molar-refractivity contribution in [3.8, 4) is 11.8 Å². The molecule has 0 saturated heterocycles. The van der Waals surface area contributed by atoms with Crippen molar-refractivity contribution < 1.29 is 57.6 Å². The van der Waals surface area contributed by atoms with Crippen molar-refractivity contribution in [3.63, 3.8) is 0 Å². The molecule has 2 heterocycles. The molecule has 2 aromatic carbocycles. The number of carbonyl (C=O) groups excluding carboxylic acids is 1. The van der Waals surface area contributed by atoms with Gasteiger partial charge in [0, 0.05) is 22.3 Å². The quantitative estimate of drug-likeness (QED) is 0.227. The van der Waals surface area contributed by atoms with E-state index in [9.17, 15) is 53.5 Å². The highest BCUT2D eigenvalue weighted by atomic mass is 79.9. The van der Waals surface area contributed by atoms with Gasteiger partial charge in [-0.25, -0.2) is 13.8 Å². The van der Waals surface area contributed by atoms with E-state index in [1.807, 2.05) is 0 Å². The third-order valence-corrected chi connectivity index (χ3v) is 6.47. The largest absolute Gasteiger partial charge is 0.435 e. The van der Waals surface area contributed by atoms with Crippen LogP contribution in [0.5, 0.6) is 0 Å². The van der Waals surface area contributed by atoms with Crippen LogP contribution in [0.1, 0.15) is 27.2 Å². The lowest BCUT2D eigenvalue weighted by Gasteiger charge is -2.31. The average Bonchev–Trinajstić information content (AvgIpc) is 3.22. The number of alkyl halides is 10. The van der Waals surface area contributed by atoms with Gasteiger partial charge >= 0.3 is 24.2 Å². The maximum Gasteiger partial charge on any atom is 0.435 e. The van der Waals surface area contributed by atoms with Gasteiger partial charge in [0.15, 0.2) is 11.4 Å². The molecule has 7 nitrogen and oxygen atoms in total. The van der Waals surface area contributed by atoms with Gasteiger partial charge in [-0.2, -0.15) is 44.8 Å². The highest BCUT2D eigenvalue weighted by Crippen LogP contribution is 2.55. The van der Waals surface area contributed by atoms with Crippen molar-refractivity contribution in [1.82, 2.24) is 9.72 Å². The van der Waals surface area contributed by atoms with E-state index in [2.05, 4.69) is 20.9 Å². The summed E-state index contributed by atoms with van der Waals surface area (Å²) >= 11 is 2.33. The van der Waals surface area contributed by atoms with Crippen molar-refractivity contribution in [2.75, 3.05) is 5.32 Å². The Morgan fingerprint density at radius 2 is 1.63 bits per heavy atom. The number of fused-ring (bicyclic) bond motifs is 1. The molecule has 0 unspecified atom stereocenters. The number of hydrogen-bond acceptors (Lipinski definition) is 5. The number of halogens is 12. The number of pyridine rings is 1. The molecular formula is C24H8BrF11N4O3. The molecule has 1 amide bonds. The number of rotatable bonds is 4. The van der Waals surface area contributed by atoms with Crippen molar-refractivity contribution in [2.24, 2.45) is 0 Å². The zero-order chi connectivity index (χ0) is 32.3. The van der Waals surface area contributed by atoms with E-state index in [-0.39, 0.29) is 22.7 Å². The number of benzene rings is 2. The summed E-state index contributed by atoms with van der Waals surface area (Å²) in [4.78, 5) is 29.2. The highest BCUT2D eigenvalue weighted by molar-refractivity contribution is 9.10. The average molecular weight is 689 g/mol. The molecule has 0 bridgehead atoms. The van der Waals surface area contributed by atoms with Crippen molar-refractivity contribution in [3.05, 3.63) is 85.6 Å². The molecule has 0 radical (unpaired) electrons. The fraction of sp³-hybridized carbons (Fsp3) is 0.167. The van der Waals surface area contributed by atoms with Crippen LogP contribution >= 0.6 is 15.9 Å². The van der Waals surface area contributed by atoms with E-state index in [1.54, 1.807) is 6.07 Å². The zero-order valence-electron chi connectivity index (χ0n) is 20.1. The summed E-state index contributed by atoms with van der Waals surface area (Å²) < 4.78 is 155. The Morgan fingerprint density at radius 1 is 1.00 bits per heavy atom. The van der Waals surface area contributed by atoms with E-state index >= 15 is 4.39 Å². The number of anilines is 1. The van der Waals surface area contributed by atoms with Gasteiger partial charge in [-0.05, 0) is 40.2 Å². The number of aromatic nitrogens is 2. The van der Waals surface area contributed by atoms with Crippen LogP contribution < -0.4 is 10.9 Å². The lowest BCUT2D eigenvalue weighted by molar-refractivity contribution is -0.348. The topological polar surface area (TPSA) is 101 Å². The molecule has 226 valence electrons. The summed E-state index contributed by atoms with van der Waals surface area (Å²) in [6.45, 7) is 0. The molecule has 43 heavy (non-hydrogen) atoms. The Labute approximate surface area is 238 Å². The van der Waals surface area contributed by atoms with Crippen LogP contribution in [0.15, 0.2) is 56.4 Å². The van der Waals surface area contributed by atoms with Gasteiger partial charge in [0.25, 0.3) is 11.5 Å². The van der Waals surface area contributed by atoms with E-state index < -0.39 is 80.1 Å². The van der Waals surface area contributed by atoms with E-state index in [0.717, 1.165) is 24.4 Å². The van der Waals surface area contributed by atoms with Crippen LogP contribution in [0.2, 0.25) is 0 Å². The summed E-state index contributed by atoms with van der Waals surface area (Å²) in [7, 11) is 0. The zero-order valence-corrected chi connectivity index (χ0v) is 21.7. The molecule has 4 aromatic rings. The highest BCUT2D eigenvalue weighted by Gasteiger charge is 2.73. The molecule has 0 aliphatic rings. The fourth-order valence-electron chi connectivity index (χ4n) is 3.82. The van der Waals surface area contributed by atoms with Crippen LogP contribution in [0.25, 0.3) is 16.7 Å². The van der Waals surface area contributed by atoms with Gasteiger partial charge in [0.2, 0.25) is 0 Å². The first-order chi connectivity index (χ1) is 19.7. The van der Waals surface area contributed by atoms with Crippen LogP contribution in [0.4, 0.5) is 54.0 Å². The Kier molecular flexibility index (Phi) is 7.58. The molecule has 0 atom stereocenters. The Morgan fingerprint density at radius 3 is 2.19 bits per heavy atom. The Bertz CT molecular complexity index is 1850. The summed E-state index contributed by atoms with van der Waals surface area (Å²) in [5.41, 5.74) is -15.8. The molecule has 1 N–H and O–H groups in total. The summed E-state index contributed by atoms with van der Waals surface area (Å²) in [5.74, 6) is -3.28. The lowest BCUT2D eigenvalue weighted by atomic mass is 9.92. The van der Waals surface area contributed by atoms with Crippen molar-refractivity contribution in [1.29, 1.82) is 5.26 Å². The van der Waals surface area contributed by atoms with Crippen LogP contribution in [0, 0.1) is 17.1 Å². The molecule has 2 aromatic heterocycles. The number of amides is 1. The summed E-state index contributed by atoms with van der Waals surface area (Å²) in [5, 5.41) is 10.2. The Balaban J connectivity index is 1.82. The fourth-order valence-corrected chi connectivity index (χ4v) is 4.38. The second-order valence-electron chi connectivity index (χ2n) is 8.49. The number of nitrogens with zero attached hydrogens (tertiary/aromatic N) is 3. The van der Waals surface area contributed by atoms with Gasteiger partial charge in [-0.15, -0.1) is 4.74 Å². The molecule has 0 saturated carbocycles. The number of carbonyl (C=O) groups is 1. The molecule has 0 fully saturated rings.